The summed E-state index contributed by atoms with van der Waals surface area (Å²) in [7, 11) is 0.176. The molecule has 0 aromatic rings. The second kappa shape index (κ2) is 2.74. The number of ether oxygens (including phenoxy) is 1. The summed E-state index contributed by atoms with van der Waals surface area (Å²) in [6, 6.07) is 0. The Balaban J connectivity index is 2.24. The van der Waals surface area contributed by atoms with Crippen LogP contribution in [0.25, 0.3) is 0 Å². The maximum absolute atomic E-state index is 5.44. The summed E-state index contributed by atoms with van der Waals surface area (Å²) < 4.78 is 5.44. The fourth-order valence-electron chi connectivity index (χ4n) is 0.968. The smallest absolute Gasteiger partial charge is 0.0851 e. The highest BCUT2D eigenvalue weighted by Crippen LogP contribution is 2.31. The molecule has 1 nitrogen and oxygen atoms in total. The van der Waals surface area contributed by atoms with E-state index in [-0.39, 0.29) is 10.9 Å². The number of hydrogen-bond acceptors (Lipinski definition) is 1. The molecular weight excluding hydrogens is 120 g/mol. The maximum Gasteiger partial charge on any atom is 0.0851 e. The van der Waals surface area contributed by atoms with Crippen LogP contribution in [0.1, 0.15) is 12.8 Å². The SMILES string of the molecule is C[SH](C)C1CCCO1. The normalized spacial score (nSPS) is 30.8. The molecule has 1 saturated heterocycles. The molecule has 0 radical (unpaired) electrons. The topological polar surface area (TPSA) is 9.23 Å². The Morgan fingerprint density at radius 1 is 1.50 bits per heavy atom. The fourth-order valence-corrected chi connectivity index (χ4v) is 2.07. The zero-order chi connectivity index (χ0) is 5.98. The van der Waals surface area contributed by atoms with Gasteiger partial charge in [-0.1, -0.05) is 0 Å². The molecule has 1 fully saturated rings. The van der Waals surface area contributed by atoms with Crippen LogP contribution >= 0.6 is 10.9 Å². The molecule has 0 bridgehead atoms. The molecule has 0 aromatic heterocycles. The Kier molecular flexibility index (Phi) is 2.20. The van der Waals surface area contributed by atoms with Gasteiger partial charge in [0.15, 0.2) is 0 Å². The Labute approximate surface area is 53.8 Å². The molecule has 1 aliphatic rings. The molecule has 1 atom stereocenters. The van der Waals surface area contributed by atoms with Gasteiger partial charge in [0.1, 0.15) is 0 Å². The highest BCUT2D eigenvalue weighted by molar-refractivity contribution is 8.16. The van der Waals surface area contributed by atoms with Gasteiger partial charge in [0.2, 0.25) is 0 Å². The standard InChI is InChI=1S/C6H14OS/c1-8(2)6-4-3-5-7-6/h6,8H,3-5H2,1-2H3. The molecule has 1 aliphatic heterocycles. The first kappa shape index (κ1) is 6.43. The van der Waals surface area contributed by atoms with Crippen LogP contribution in [0.2, 0.25) is 0 Å². The van der Waals surface area contributed by atoms with Crippen molar-refractivity contribution in [3.8, 4) is 0 Å². The third kappa shape index (κ3) is 1.39. The Morgan fingerprint density at radius 3 is 2.50 bits per heavy atom. The minimum absolute atomic E-state index is 0.176. The molecule has 0 spiro atoms. The lowest BCUT2D eigenvalue weighted by Crippen LogP contribution is -2.02. The van der Waals surface area contributed by atoms with E-state index in [0.29, 0.717) is 5.44 Å². The minimum Gasteiger partial charge on any atom is -0.369 e. The van der Waals surface area contributed by atoms with Crippen LogP contribution in [0.4, 0.5) is 0 Å². The van der Waals surface area contributed by atoms with Crippen LogP contribution in [-0.2, 0) is 4.74 Å². The van der Waals surface area contributed by atoms with Gasteiger partial charge in [-0.15, -0.1) is 0 Å². The molecule has 1 rings (SSSR count). The van der Waals surface area contributed by atoms with Crippen molar-refractivity contribution in [3.05, 3.63) is 0 Å². The summed E-state index contributed by atoms with van der Waals surface area (Å²) >= 11 is 0. The van der Waals surface area contributed by atoms with Gasteiger partial charge in [-0.05, 0) is 25.4 Å². The van der Waals surface area contributed by atoms with Gasteiger partial charge in [-0.25, -0.2) is 10.9 Å². The molecule has 1 heterocycles. The lowest BCUT2D eigenvalue weighted by atomic mass is 10.4. The van der Waals surface area contributed by atoms with E-state index in [1.807, 2.05) is 0 Å². The zero-order valence-corrected chi connectivity index (χ0v) is 6.45. The largest absolute Gasteiger partial charge is 0.369 e. The Hall–Kier alpha value is 0.310. The average molecular weight is 134 g/mol. The molecular formula is C6H14OS. The van der Waals surface area contributed by atoms with E-state index in [2.05, 4.69) is 12.5 Å². The van der Waals surface area contributed by atoms with Crippen molar-refractivity contribution in [3.63, 3.8) is 0 Å². The van der Waals surface area contributed by atoms with Crippen molar-refractivity contribution in [2.45, 2.75) is 18.3 Å². The summed E-state index contributed by atoms with van der Waals surface area (Å²) in [5.41, 5.74) is 0.630. The number of thiol groups is 1. The first-order chi connectivity index (χ1) is 3.80. The van der Waals surface area contributed by atoms with Crippen molar-refractivity contribution in [2.24, 2.45) is 0 Å². The second-order valence-corrected chi connectivity index (χ2v) is 4.93. The maximum atomic E-state index is 5.44. The van der Waals surface area contributed by atoms with Gasteiger partial charge in [0.05, 0.1) is 5.44 Å². The molecule has 0 amide bonds. The molecule has 0 saturated carbocycles. The van der Waals surface area contributed by atoms with Crippen LogP contribution in [0.15, 0.2) is 0 Å². The van der Waals surface area contributed by atoms with Gasteiger partial charge < -0.3 is 4.74 Å². The molecule has 2 heteroatoms. The zero-order valence-electron chi connectivity index (χ0n) is 5.55. The van der Waals surface area contributed by atoms with Gasteiger partial charge in [0.25, 0.3) is 0 Å². The summed E-state index contributed by atoms with van der Waals surface area (Å²) in [6.45, 7) is 1.01. The predicted octanol–water partition coefficient (Wildman–Crippen LogP) is 1.38. The van der Waals surface area contributed by atoms with Crippen LogP contribution < -0.4 is 0 Å². The lowest BCUT2D eigenvalue weighted by molar-refractivity contribution is 0.172. The molecule has 1 unspecified atom stereocenters. The number of hydrogen-bond donors (Lipinski definition) is 1. The summed E-state index contributed by atoms with van der Waals surface area (Å²) in [5, 5.41) is 0. The number of rotatable bonds is 1. The van der Waals surface area contributed by atoms with Crippen molar-refractivity contribution in [1.29, 1.82) is 0 Å². The van der Waals surface area contributed by atoms with Gasteiger partial charge in [-0.2, -0.15) is 0 Å². The quantitative estimate of drug-likeness (QED) is 0.533. The molecule has 0 N–H and O–H groups in total. The predicted molar refractivity (Wildman–Crippen MR) is 39.8 cm³/mol. The fraction of sp³-hybridized carbons (Fsp3) is 1.00. The van der Waals surface area contributed by atoms with E-state index < -0.39 is 0 Å². The van der Waals surface area contributed by atoms with Crippen molar-refractivity contribution in [1.82, 2.24) is 0 Å². The monoisotopic (exact) mass is 134 g/mol. The highest BCUT2D eigenvalue weighted by atomic mass is 32.2. The lowest BCUT2D eigenvalue weighted by Gasteiger charge is -2.16. The van der Waals surface area contributed by atoms with Crippen molar-refractivity contribution >= 4 is 10.9 Å². The van der Waals surface area contributed by atoms with E-state index in [9.17, 15) is 0 Å². The Bertz CT molecular complexity index is 66.9. The van der Waals surface area contributed by atoms with Crippen LogP contribution in [-0.4, -0.2) is 24.6 Å². The first-order valence-corrected chi connectivity index (χ1v) is 5.39. The van der Waals surface area contributed by atoms with Gasteiger partial charge in [0, 0.05) is 6.61 Å². The molecule has 0 aliphatic carbocycles. The third-order valence-electron chi connectivity index (χ3n) is 1.48. The Morgan fingerprint density at radius 2 is 2.25 bits per heavy atom. The van der Waals surface area contributed by atoms with E-state index in [1.54, 1.807) is 0 Å². The minimum atomic E-state index is 0.176. The van der Waals surface area contributed by atoms with E-state index in [1.165, 1.54) is 12.8 Å². The first-order valence-electron chi connectivity index (χ1n) is 3.09. The van der Waals surface area contributed by atoms with Gasteiger partial charge in [-0.3, -0.25) is 0 Å². The molecule has 0 aromatic carbocycles. The third-order valence-corrected chi connectivity index (χ3v) is 3.04. The average Bonchev–Trinajstić information content (AvgIpc) is 2.12. The van der Waals surface area contributed by atoms with E-state index >= 15 is 0 Å². The van der Waals surface area contributed by atoms with Crippen molar-refractivity contribution < 1.29 is 4.74 Å². The van der Waals surface area contributed by atoms with Crippen LogP contribution in [0, 0.1) is 0 Å². The van der Waals surface area contributed by atoms with E-state index in [4.69, 9.17) is 4.74 Å². The van der Waals surface area contributed by atoms with Crippen LogP contribution in [0.3, 0.4) is 0 Å². The molecule has 50 valence electrons. The van der Waals surface area contributed by atoms with Crippen LogP contribution in [0.5, 0.6) is 0 Å². The van der Waals surface area contributed by atoms with Crippen molar-refractivity contribution in [2.75, 3.05) is 19.1 Å². The summed E-state index contributed by atoms with van der Waals surface area (Å²) in [5.74, 6) is 0. The summed E-state index contributed by atoms with van der Waals surface area (Å²) in [6.07, 6.45) is 7.15. The van der Waals surface area contributed by atoms with Gasteiger partial charge >= 0.3 is 0 Å². The highest BCUT2D eigenvalue weighted by Gasteiger charge is 2.15. The second-order valence-electron chi connectivity index (χ2n) is 2.43. The summed E-state index contributed by atoms with van der Waals surface area (Å²) in [4.78, 5) is 0. The molecule has 8 heavy (non-hydrogen) atoms. The van der Waals surface area contributed by atoms with E-state index in [0.717, 1.165) is 6.61 Å².